The lowest BCUT2D eigenvalue weighted by atomic mass is 10.2. The molecule has 1 aromatic carbocycles. The molecule has 2 amide bonds. The first-order valence-electron chi connectivity index (χ1n) is 7.77. The molecule has 4 heteroatoms. The first-order valence-corrected chi connectivity index (χ1v) is 7.77. The summed E-state index contributed by atoms with van der Waals surface area (Å²) in [5.74, 6) is -0.335. The third-order valence-electron chi connectivity index (χ3n) is 3.83. The Morgan fingerprint density at radius 2 is 1.95 bits per heavy atom. The van der Waals surface area contributed by atoms with Crippen LogP contribution in [0.2, 0.25) is 0 Å². The van der Waals surface area contributed by atoms with Crippen LogP contribution in [0.5, 0.6) is 0 Å². The van der Waals surface area contributed by atoms with Crippen LogP contribution in [0, 0.1) is 18.8 Å². The molecule has 1 fully saturated rings. The fraction of sp³-hybridized carbons (Fsp3) is 0.529. The highest BCUT2D eigenvalue weighted by molar-refractivity contribution is 5.99. The van der Waals surface area contributed by atoms with E-state index in [0.717, 1.165) is 37.1 Å². The molecule has 0 radical (unpaired) electrons. The Morgan fingerprint density at radius 3 is 2.67 bits per heavy atom. The van der Waals surface area contributed by atoms with Crippen LogP contribution in [0.4, 0.5) is 5.69 Å². The van der Waals surface area contributed by atoms with Gasteiger partial charge >= 0.3 is 0 Å². The van der Waals surface area contributed by atoms with E-state index in [9.17, 15) is 9.59 Å². The van der Waals surface area contributed by atoms with Gasteiger partial charge in [0.1, 0.15) is 0 Å². The van der Waals surface area contributed by atoms with Crippen LogP contribution in [-0.4, -0.2) is 18.4 Å². The van der Waals surface area contributed by atoms with E-state index in [4.69, 9.17) is 0 Å². The SMILES string of the molecule is CCCCCNC(=O)C1CC1C(=O)Nc1cccc(C)c1. The Balaban J connectivity index is 1.74. The van der Waals surface area contributed by atoms with E-state index in [1.807, 2.05) is 31.2 Å². The summed E-state index contributed by atoms with van der Waals surface area (Å²) in [7, 11) is 0. The van der Waals surface area contributed by atoms with Crippen LogP contribution in [0.25, 0.3) is 0 Å². The van der Waals surface area contributed by atoms with E-state index in [1.54, 1.807) is 0 Å². The molecule has 0 bridgehead atoms. The number of anilines is 1. The molecular weight excluding hydrogens is 264 g/mol. The Bertz CT molecular complexity index is 513. The quantitative estimate of drug-likeness (QED) is 0.758. The number of carbonyl (C=O) groups excluding carboxylic acids is 2. The summed E-state index contributed by atoms with van der Waals surface area (Å²) in [6.07, 6.45) is 3.94. The lowest BCUT2D eigenvalue weighted by Gasteiger charge is -2.06. The molecule has 0 spiro atoms. The van der Waals surface area contributed by atoms with Gasteiger partial charge in [0.25, 0.3) is 0 Å². The zero-order valence-corrected chi connectivity index (χ0v) is 12.8. The van der Waals surface area contributed by atoms with Crippen molar-refractivity contribution in [1.82, 2.24) is 5.32 Å². The van der Waals surface area contributed by atoms with Gasteiger partial charge in [0, 0.05) is 12.2 Å². The van der Waals surface area contributed by atoms with Crippen molar-refractivity contribution in [3.05, 3.63) is 29.8 Å². The minimum Gasteiger partial charge on any atom is -0.356 e. The molecule has 1 saturated carbocycles. The zero-order valence-electron chi connectivity index (χ0n) is 12.8. The topological polar surface area (TPSA) is 58.2 Å². The number of nitrogens with one attached hydrogen (secondary N) is 2. The van der Waals surface area contributed by atoms with E-state index in [2.05, 4.69) is 17.6 Å². The fourth-order valence-electron chi connectivity index (χ4n) is 2.45. The zero-order chi connectivity index (χ0) is 15.2. The largest absolute Gasteiger partial charge is 0.356 e. The van der Waals surface area contributed by atoms with E-state index < -0.39 is 0 Å². The number of amides is 2. The molecule has 1 aliphatic rings. The maximum atomic E-state index is 12.1. The third-order valence-corrected chi connectivity index (χ3v) is 3.83. The van der Waals surface area contributed by atoms with Gasteiger partial charge in [-0.1, -0.05) is 31.9 Å². The number of aryl methyl sites for hydroxylation is 1. The molecule has 114 valence electrons. The van der Waals surface area contributed by atoms with Gasteiger partial charge in [-0.25, -0.2) is 0 Å². The number of hydrogen-bond acceptors (Lipinski definition) is 2. The molecule has 0 heterocycles. The van der Waals surface area contributed by atoms with Gasteiger partial charge in [-0.05, 0) is 37.5 Å². The summed E-state index contributed by atoms with van der Waals surface area (Å²) in [4.78, 5) is 24.0. The van der Waals surface area contributed by atoms with Crippen molar-refractivity contribution in [2.24, 2.45) is 11.8 Å². The van der Waals surface area contributed by atoms with Crippen molar-refractivity contribution in [3.8, 4) is 0 Å². The second-order valence-corrected chi connectivity index (χ2v) is 5.81. The number of rotatable bonds is 7. The molecule has 1 aromatic rings. The minimum absolute atomic E-state index is 0.0236. The summed E-state index contributed by atoms with van der Waals surface area (Å²) in [5, 5.41) is 5.81. The van der Waals surface area contributed by atoms with Gasteiger partial charge in [-0.2, -0.15) is 0 Å². The van der Waals surface area contributed by atoms with Crippen LogP contribution in [-0.2, 0) is 9.59 Å². The summed E-state index contributed by atoms with van der Waals surface area (Å²) in [6.45, 7) is 4.84. The predicted octanol–water partition coefficient (Wildman–Crippen LogP) is 2.88. The summed E-state index contributed by atoms with van der Waals surface area (Å²) in [5.41, 5.74) is 1.91. The normalized spacial score (nSPS) is 19.9. The van der Waals surface area contributed by atoms with E-state index in [0.29, 0.717) is 6.42 Å². The van der Waals surface area contributed by atoms with E-state index in [-0.39, 0.29) is 23.7 Å². The highest BCUT2D eigenvalue weighted by Crippen LogP contribution is 2.39. The maximum Gasteiger partial charge on any atom is 0.228 e. The van der Waals surface area contributed by atoms with Crippen LogP contribution >= 0.6 is 0 Å². The number of unbranched alkanes of at least 4 members (excludes halogenated alkanes) is 2. The molecule has 1 aliphatic carbocycles. The van der Waals surface area contributed by atoms with E-state index >= 15 is 0 Å². The van der Waals surface area contributed by atoms with Crippen molar-refractivity contribution < 1.29 is 9.59 Å². The lowest BCUT2D eigenvalue weighted by molar-refractivity contribution is -0.125. The number of benzene rings is 1. The van der Waals surface area contributed by atoms with Gasteiger partial charge in [0.15, 0.2) is 0 Å². The van der Waals surface area contributed by atoms with Gasteiger partial charge in [-0.15, -0.1) is 0 Å². The van der Waals surface area contributed by atoms with Crippen molar-refractivity contribution >= 4 is 17.5 Å². The minimum atomic E-state index is -0.170. The number of carbonyl (C=O) groups is 2. The summed E-state index contributed by atoms with van der Waals surface area (Å²) < 4.78 is 0. The van der Waals surface area contributed by atoms with Gasteiger partial charge in [0.2, 0.25) is 11.8 Å². The second-order valence-electron chi connectivity index (χ2n) is 5.81. The molecule has 2 N–H and O–H groups in total. The molecule has 0 aliphatic heterocycles. The van der Waals surface area contributed by atoms with Crippen molar-refractivity contribution in [2.45, 2.75) is 39.5 Å². The molecule has 2 rings (SSSR count). The van der Waals surface area contributed by atoms with Crippen LogP contribution in [0.3, 0.4) is 0 Å². The molecule has 21 heavy (non-hydrogen) atoms. The Morgan fingerprint density at radius 1 is 1.19 bits per heavy atom. The predicted molar refractivity (Wildman–Crippen MR) is 83.9 cm³/mol. The van der Waals surface area contributed by atoms with Gasteiger partial charge in [0.05, 0.1) is 11.8 Å². The van der Waals surface area contributed by atoms with Crippen molar-refractivity contribution in [1.29, 1.82) is 0 Å². The maximum absolute atomic E-state index is 12.1. The van der Waals surface area contributed by atoms with Crippen molar-refractivity contribution in [2.75, 3.05) is 11.9 Å². The highest BCUT2D eigenvalue weighted by atomic mass is 16.2. The fourth-order valence-corrected chi connectivity index (χ4v) is 2.45. The van der Waals surface area contributed by atoms with Crippen LogP contribution < -0.4 is 10.6 Å². The average molecular weight is 288 g/mol. The van der Waals surface area contributed by atoms with Gasteiger partial charge < -0.3 is 10.6 Å². The summed E-state index contributed by atoms with van der Waals surface area (Å²) >= 11 is 0. The average Bonchev–Trinajstić information content (AvgIpc) is 3.24. The first-order chi connectivity index (χ1) is 10.1. The molecule has 0 aromatic heterocycles. The highest BCUT2D eigenvalue weighted by Gasteiger charge is 2.47. The third kappa shape index (κ3) is 4.59. The molecule has 2 atom stereocenters. The Labute approximate surface area is 126 Å². The molecule has 4 nitrogen and oxygen atoms in total. The standard InChI is InChI=1S/C17H24N2O2/c1-3-4-5-9-18-16(20)14-11-15(14)17(21)19-13-8-6-7-12(2)10-13/h6-8,10,14-15H,3-5,9,11H2,1-2H3,(H,18,20)(H,19,21). The summed E-state index contributed by atoms with van der Waals surface area (Å²) in [6, 6.07) is 7.70. The second kappa shape index (κ2) is 7.25. The Kier molecular flexibility index (Phi) is 5.37. The van der Waals surface area contributed by atoms with Crippen LogP contribution in [0.15, 0.2) is 24.3 Å². The number of hydrogen-bond donors (Lipinski definition) is 2. The Hall–Kier alpha value is -1.84. The molecular formula is C17H24N2O2. The smallest absolute Gasteiger partial charge is 0.228 e. The monoisotopic (exact) mass is 288 g/mol. The molecule has 0 saturated heterocycles. The molecule has 2 unspecified atom stereocenters. The lowest BCUT2D eigenvalue weighted by Crippen LogP contribution is -2.28. The first kappa shape index (κ1) is 15.5. The van der Waals surface area contributed by atoms with E-state index in [1.165, 1.54) is 0 Å². The van der Waals surface area contributed by atoms with Gasteiger partial charge in [-0.3, -0.25) is 9.59 Å². The van der Waals surface area contributed by atoms with Crippen LogP contribution in [0.1, 0.15) is 38.2 Å². The van der Waals surface area contributed by atoms with Crippen molar-refractivity contribution in [3.63, 3.8) is 0 Å².